The second kappa shape index (κ2) is 5.43. The van der Waals surface area contributed by atoms with Crippen LogP contribution >= 0.6 is 11.6 Å². The van der Waals surface area contributed by atoms with Crippen LogP contribution in [0.25, 0.3) is 0 Å². The van der Waals surface area contributed by atoms with Gasteiger partial charge in [-0.2, -0.15) is 48.3 Å². The topological polar surface area (TPSA) is 0 Å². The van der Waals surface area contributed by atoms with Gasteiger partial charge in [-0.15, -0.1) is 11.6 Å². The van der Waals surface area contributed by atoms with Crippen LogP contribution in [0.4, 0.5) is 52.7 Å². The van der Waals surface area contributed by atoms with Crippen LogP contribution in [0, 0.1) is 0 Å². The number of rotatable bonds is 5. The third-order valence-corrected chi connectivity index (χ3v) is 2.25. The van der Waals surface area contributed by atoms with Crippen molar-refractivity contribution >= 4 is 11.6 Å². The van der Waals surface area contributed by atoms with Gasteiger partial charge in [0.1, 0.15) is 0 Å². The first kappa shape index (κ1) is 20.2. The van der Waals surface area contributed by atoms with Gasteiger partial charge in [0.2, 0.25) is 0 Å². The SMILES string of the molecule is F/C(=C\CCl)C(F)(F)C(F)(F)C(F)(F)C(F)(F)C(F)(F)F. The largest absolute Gasteiger partial charge is 0.460 e. The Bertz CT molecular complexity index is 406. The Morgan fingerprint density at radius 3 is 1.38 bits per heavy atom. The Labute approximate surface area is 113 Å². The molecule has 0 unspecified atom stereocenters. The molecule has 0 aliphatic rings. The predicted octanol–water partition coefficient (Wildman–Crippen LogP) is 5.18. The molecule has 0 N–H and O–H groups in total. The molecule has 0 bridgehead atoms. The summed E-state index contributed by atoms with van der Waals surface area (Å²) in [6.45, 7) is 0. The van der Waals surface area contributed by atoms with Crippen LogP contribution in [-0.4, -0.2) is 35.7 Å². The average Bonchev–Trinajstić information content (AvgIpc) is 2.26. The second-order valence-electron chi connectivity index (χ2n) is 3.50. The highest BCUT2D eigenvalue weighted by Crippen LogP contribution is 2.58. The number of alkyl halides is 12. The fourth-order valence-electron chi connectivity index (χ4n) is 0.918. The minimum absolute atomic E-state index is 0.586. The first-order valence-electron chi connectivity index (χ1n) is 4.48. The summed E-state index contributed by atoms with van der Waals surface area (Å²) in [6, 6.07) is 0. The summed E-state index contributed by atoms with van der Waals surface area (Å²) in [5.74, 6) is -33.8. The number of halogens is 13. The molecule has 21 heavy (non-hydrogen) atoms. The zero-order chi connectivity index (χ0) is 17.5. The molecule has 0 radical (unpaired) electrons. The van der Waals surface area contributed by atoms with Crippen molar-refractivity contribution in [3.8, 4) is 0 Å². The van der Waals surface area contributed by atoms with Gasteiger partial charge < -0.3 is 0 Å². The third kappa shape index (κ3) is 2.90. The first-order chi connectivity index (χ1) is 8.98. The maximum atomic E-state index is 12.8. The number of allylic oxidation sites excluding steroid dienone is 2. The average molecular weight is 363 g/mol. The summed E-state index contributed by atoms with van der Waals surface area (Å²) in [5.41, 5.74) is 0. The van der Waals surface area contributed by atoms with E-state index in [1.807, 2.05) is 0 Å². The molecular weight excluding hydrogens is 360 g/mol. The first-order valence-corrected chi connectivity index (χ1v) is 5.02. The molecule has 126 valence electrons. The molecule has 0 aliphatic heterocycles. The molecule has 0 aromatic rings. The second-order valence-corrected chi connectivity index (χ2v) is 3.81. The quantitative estimate of drug-likeness (QED) is 0.467. The highest BCUT2D eigenvalue weighted by atomic mass is 35.5. The van der Waals surface area contributed by atoms with E-state index in [1.54, 1.807) is 0 Å². The van der Waals surface area contributed by atoms with Gasteiger partial charge >= 0.3 is 29.9 Å². The molecule has 0 atom stereocenters. The maximum absolute atomic E-state index is 12.8. The Morgan fingerprint density at radius 2 is 1.10 bits per heavy atom. The maximum Gasteiger partial charge on any atom is 0.460 e. The minimum atomic E-state index is -7.63. The van der Waals surface area contributed by atoms with Crippen molar-refractivity contribution in [3.05, 3.63) is 11.9 Å². The van der Waals surface area contributed by atoms with Crippen molar-refractivity contribution in [2.75, 3.05) is 5.88 Å². The monoisotopic (exact) mass is 362 g/mol. The Morgan fingerprint density at radius 1 is 0.714 bits per heavy atom. The van der Waals surface area contributed by atoms with Gasteiger partial charge in [-0.05, 0) is 6.08 Å². The predicted molar refractivity (Wildman–Crippen MR) is 45.8 cm³/mol. The van der Waals surface area contributed by atoms with E-state index in [2.05, 4.69) is 11.6 Å². The van der Waals surface area contributed by atoms with Crippen molar-refractivity contribution in [2.24, 2.45) is 0 Å². The van der Waals surface area contributed by atoms with E-state index < -0.39 is 47.6 Å². The molecule has 0 amide bonds. The molecule has 0 aromatic heterocycles. The zero-order valence-electron chi connectivity index (χ0n) is 9.20. The number of hydrogen-bond acceptors (Lipinski definition) is 0. The lowest BCUT2D eigenvalue weighted by Gasteiger charge is -2.36. The van der Waals surface area contributed by atoms with Gasteiger partial charge in [0.05, 0.1) is 0 Å². The van der Waals surface area contributed by atoms with E-state index in [0.29, 0.717) is 0 Å². The van der Waals surface area contributed by atoms with Crippen LogP contribution in [-0.2, 0) is 0 Å². The van der Waals surface area contributed by atoms with Crippen LogP contribution in [0.2, 0.25) is 0 Å². The highest BCUT2D eigenvalue weighted by Gasteiger charge is 2.87. The molecule has 0 aliphatic carbocycles. The molecule has 13 heteroatoms. The van der Waals surface area contributed by atoms with Crippen LogP contribution in [0.1, 0.15) is 0 Å². The highest BCUT2D eigenvalue weighted by molar-refractivity contribution is 6.18. The van der Waals surface area contributed by atoms with E-state index in [9.17, 15) is 52.7 Å². The number of hydrogen-bond donors (Lipinski definition) is 0. The third-order valence-electron chi connectivity index (χ3n) is 2.10. The van der Waals surface area contributed by atoms with Gasteiger partial charge in [0.15, 0.2) is 5.83 Å². The fourth-order valence-corrected chi connectivity index (χ4v) is 1.05. The van der Waals surface area contributed by atoms with Gasteiger partial charge in [0.25, 0.3) is 0 Å². The van der Waals surface area contributed by atoms with Crippen LogP contribution in [0.15, 0.2) is 11.9 Å². The smallest absolute Gasteiger partial charge is 0.205 e. The summed E-state index contributed by atoms with van der Waals surface area (Å²) in [4.78, 5) is 0. The summed E-state index contributed by atoms with van der Waals surface area (Å²) < 4.78 is 149. The fraction of sp³-hybridized carbons (Fsp3) is 0.750. The van der Waals surface area contributed by atoms with Crippen LogP contribution in [0.3, 0.4) is 0 Å². The lowest BCUT2D eigenvalue weighted by Crippen LogP contribution is -2.66. The Balaban J connectivity index is 6.07. The molecule has 0 rings (SSSR count). The lowest BCUT2D eigenvalue weighted by atomic mass is 9.97. The molecule has 0 saturated heterocycles. The van der Waals surface area contributed by atoms with Crippen molar-refractivity contribution in [1.82, 2.24) is 0 Å². The van der Waals surface area contributed by atoms with Crippen LogP contribution in [0.5, 0.6) is 0 Å². The molecule has 0 fully saturated rings. The van der Waals surface area contributed by atoms with Gasteiger partial charge in [-0.3, -0.25) is 0 Å². The van der Waals surface area contributed by atoms with Crippen molar-refractivity contribution in [3.63, 3.8) is 0 Å². The van der Waals surface area contributed by atoms with E-state index in [0.717, 1.165) is 0 Å². The Kier molecular flexibility index (Phi) is 5.22. The van der Waals surface area contributed by atoms with E-state index >= 15 is 0 Å². The van der Waals surface area contributed by atoms with Crippen molar-refractivity contribution < 1.29 is 52.7 Å². The van der Waals surface area contributed by atoms with Crippen molar-refractivity contribution in [2.45, 2.75) is 29.9 Å². The minimum Gasteiger partial charge on any atom is -0.205 e. The molecule has 0 nitrogen and oxygen atoms in total. The van der Waals surface area contributed by atoms with E-state index in [1.165, 1.54) is 0 Å². The zero-order valence-corrected chi connectivity index (χ0v) is 9.95. The molecule has 0 heterocycles. The van der Waals surface area contributed by atoms with E-state index in [-0.39, 0.29) is 0 Å². The van der Waals surface area contributed by atoms with Crippen molar-refractivity contribution in [1.29, 1.82) is 0 Å². The van der Waals surface area contributed by atoms with E-state index in [4.69, 9.17) is 0 Å². The standard InChI is InChI=1S/C8H3ClF12/c9-2-1-3(10)4(11,12)5(13,14)6(15,16)7(17,18)8(19,20)21/h1H,2H2/b3-1-. The van der Waals surface area contributed by atoms with Gasteiger partial charge in [0, 0.05) is 5.88 Å². The normalized spacial score (nSPS) is 16.3. The summed E-state index contributed by atoms with van der Waals surface area (Å²) in [6.07, 6.45) is -7.86. The molecule has 0 saturated carbocycles. The lowest BCUT2D eigenvalue weighted by molar-refractivity contribution is -0.419. The van der Waals surface area contributed by atoms with Gasteiger partial charge in [-0.1, -0.05) is 0 Å². The summed E-state index contributed by atoms with van der Waals surface area (Å²) in [7, 11) is 0. The van der Waals surface area contributed by atoms with Crippen LogP contribution < -0.4 is 0 Å². The molecule has 0 aromatic carbocycles. The molecular formula is C8H3ClF12. The Hall–Kier alpha value is -0.810. The summed E-state index contributed by atoms with van der Waals surface area (Å²) in [5, 5.41) is 0. The van der Waals surface area contributed by atoms with Gasteiger partial charge in [-0.25, -0.2) is 4.39 Å². The molecule has 0 spiro atoms. The summed E-state index contributed by atoms with van der Waals surface area (Å²) >= 11 is 4.62.